The van der Waals surface area contributed by atoms with Gasteiger partial charge in [-0.25, -0.2) is 0 Å². The Morgan fingerprint density at radius 1 is 1.39 bits per heavy atom. The van der Waals surface area contributed by atoms with Crippen molar-refractivity contribution < 1.29 is 5.21 Å². The maximum Gasteiger partial charge on any atom is 0.153 e. The van der Waals surface area contributed by atoms with Gasteiger partial charge in [-0.3, -0.25) is 9.88 Å². The average molecular weight is 248 g/mol. The van der Waals surface area contributed by atoms with Crippen molar-refractivity contribution in [2.45, 2.75) is 38.3 Å². The molecule has 98 valence electrons. The fourth-order valence-electron chi connectivity index (χ4n) is 2.55. The first-order valence-corrected chi connectivity index (χ1v) is 6.39. The Morgan fingerprint density at radius 2 is 2.06 bits per heavy atom. The van der Waals surface area contributed by atoms with E-state index in [1.165, 1.54) is 31.2 Å². The zero-order chi connectivity index (χ0) is 12.8. The number of nitrogens with two attached hydrogens (primary N) is 1. The molecule has 0 radical (unpaired) electrons. The highest BCUT2D eigenvalue weighted by Gasteiger charge is 2.23. The van der Waals surface area contributed by atoms with E-state index >= 15 is 0 Å². The zero-order valence-corrected chi connectivity index (χ0v) is 10.5. The van der Waals surface area contributed by atoms with Crippen LogP contribution in [0.3, 0.4) is 0 Å². The summed E-state index contributed by atoms with van der Waals surface area (Å²) in [5, 5.41) is 11.8. The number of hydrogen-bond acceptors (Lipinski definition) is 4. The molecule has 0 atom stereocenters. The Hall–Kier alpha value is -1.62. The molecule has 1 fully saturated rings. The lowest BCUT2D eigenvalue weighted by atomic mass is 10.1. The second kappa shape index (κ2) is 6.35. The van der Waals surface area contributed by atoms with Crippen LogP contribution < -0.4 is 5.73 Å². The summed E-state index contributed by atoms with van der Waals surface area (Å²) in [6.07, 6.45) is 8.53. The Morgan fingerprint density at radius 3 is 2.67 bits per heavy atom. The molecule has 5 nitrogen and oxygen atoms in total. The van der Waals surface area contributed by atoms with Crippen LogP contribution in [0.4, 0.5) is 0 Å². The second-order valence-electron chi connectivity index (χ2n) is 4.79. The molecule has 1 aliphatic rings. The van der Waals surface area contributed by atoms with Crippen molar-refractivity contribution in [1.29, 1.82) is 0 Å². The standard InChI is InChI=1S/C13H20N4O/c14-13(16-18)10-17(12-3-1-2-4-12)9-11-5-7-15-8-6-11/h5-8,12,18H,1-4,9-10H2,(H2,14,16). The Bertz CT molecular complexity index is 387. The molecule has 1 aromatic heterocycles. The number of pyridine rings is 1. The number of amidine groups is 1. The molecular weight excluding hydrogens is 228 g/mol. The van der Waals surface area contributed by atoms with E-state index in [-0.39, 0.29) is 5.84 Å². The fourth-order valence-corrected chi connectivity index (χ4v) is 2.55. The molecule has 1 heterocycles. The average Bonchev–Trinajstić information content (AvgIpc) is 2.93. The molecule has 3 N–H and O–H groups in total. The smallest absolute Gasteiger partial charge is 0.153 e. The number of nitrogens with zero attached hydrogens (tertiary/aromatic N) is 3. The lowest BCUT2D eigenvalue weighted by Crippen LogP contribution is -2.39. The van der Waals surface area contributed by atoms with E-state index < -0.39 is 0 Å². The highest BCUT2D eigenvalue weighted by atomic mass is 16.4. The van der Waals surface area contributed by atoms with Gasteiger partial charge in [0.25, 0.3) is 0 Å². The number of hydrogen-bond donors (Lipinski definition) is 2. The SMILES string of the molecule is NC(CN(Cc1ccncc1)C1CCCC1)=NO. The van der Waals surface area contributed by atoms with Gasteiger partial charge < -0.3 is 10.9 Å². The fraction of sp³-hybridized carbons (Fsp3) is 0.538. The Balaban J connectivity index is 2.04. The second-order valence-corrected chi connectivity index (χ2v) is 4.79. The van der Waals surface area contributed by atoms with Crippen molar-refractivity contribution in [2.75, 3.05) is 6.54 Å². The molecule has 1 aliphatic carbocycles. The van der Waals surface area contributed by atoms with Crippen molar-refractivity contribution >= 4 is 5.84 Å². The minimum atomic E-state index is 0.274. The summed E-state index contributed by atoms with van der Waals surface area (Å²) in [6.45, 7) is 1.34. The van der Waals surface area contributed by atoms with E-state index in [4.69, 9.17) is 10.9 Å². The minimum absolute atomic E-state index is 0.274. The minimum Gasteiger partial charge on any atom is -0.409 e. The first-order chi connectivity index (χ1) is 8.79. The molecule has 0 amide bonds. The number of rotatable bonds is 5. The molecule has 18 heavy (non-hydrogen) atoms. The third-order valence-corrected chi connectivity index (χ3v) is 3.47. The zero-order valence-electron chi connectivity index (χ0n) is 10.5. The van der Waals surface area contributed by atoms with Crippen LogP contribution in [-0.4, -0.2) is 33.5 Å². The van der Waals surface area contributed by atoms with Gasteiger partial charge in [-0.05, 0) is 30.5 Å². The van der Waals surface area contributed by atoms with Gasteiger partial charge in [-0.2, -0.15) is 0 Å². The van der Waals surface area contributed by atoms with Gasteiger partial charge in [0.05, 0.1) is 6.54 Å². The van der Waals surface area contributed by atoms with Gasteiger partial charge in [0.15, 0.2) is 5.84 Å². The highest BCUT2D eigenvalue weighted by Crippen LogP contribution is 2.24. The highest BCUT2D eigenvalue weighted by molar-refractivity contribution is 5.81. The molecule has 0 aliphatic heterocycles. The van der Waals surface area contributed by atoms with E-state index in [1.807, 2.05) is 12.1 Å². The van der Waals surface area contributed by atoms with E-state index in [1.54, 1.807) is 12.4 Å². The van der Waals surface area contributed by atoms with E-state index in [9.17, 15) is 0 Å². The van der Waals surface area contributed by atoms with Crippen molar-refractivity contribution in [2.24, 2.45) is 10.9 Å². The van der Waals surface area contributed by atoms with Gasteiger partial charge in [0.1, 0.15) is 0 Å². The molecule has 0 aromatic carbocycles. The van der Waals surface area contributed by atoms with Gasteiger partial charge in [0.2, 0.25) is 0 Å². The topological polar surface area (TPSA) is 74.7 Å². The third kappa shape index (κ3) is 3.43. The van der Waals surface area contributed by atoms with Gasteiger partial charge in [0, 0.05) is 25.0 Å². The molecule has 5 heteroatoms. The maximum absolute atomic E-state index is 8.72. The van der Waals surface area contributed by atoms with Crippen LogP contribution >= 0.6 is 0 Å². The summed E-state index contributed by atoms with van der Waals surface area (Å²) in [4.78, 5) is 6.31. The van der Waals surface area contributed by atoms with Crippen molar-refractivity contribution in [3.8, 4) is 0 Å². The summed E-state index contributed by atoms with van der Waals surface area (Å²) >= 11 is 0. The van der Waals surface area contributed by atoms with Crippen LogP contribution in [0, 0.1) is 0 Å². The van der Waals surface area contributed by atoms with Crippen LogP contribution in [0.25, 0.3) is 0 Å². The Kier molecular flexibility index (Phi) is 4.52. The molecule has 0 spiro atoms. The predicted octanol–water partition coefficient (Wildman–Crippen LogP) is 1.57. The van der Waals surface area contributed by atoms with Crippen LogP contribution in [0.2, 0.25) is 0 Å². The number of aromatic nitrogens is 1. The van der Waals surface area contributed by atoms with E-state index in [0.717, 1.165) is 6.54 Å². The van der Waals surface area contributed by atoms with Crippen molar-refractivity contribution in [3.05, 3.63) is 30.1 Å². The lowest BCUT2D eigenvalue weighted by molar-refractivity contribution is 0.214. The Labute approximate surface area is 107 Å². The molecule has 1 aromatic rings. The normalized spacial score (nSPS) is 17.5. The van der Waals surface area contributed by atoms with Gasteiger partial charge >= 0.3 is 0 Å². The third-order valence-electron chi connectivity index (χ3n) is 3.47. The van der Waals surface area contributed by atoms with Crippen molar-refractivity contribution in [3.63, 3.8) is 0 Å². The number of oxime groups is 1. The van der Waals surface area contributed by atoms with E-state index in [2.05, 4.69) is 15.0 Å². The molecule has 0 bridgehead atoms. The molecule has 0 saturated heterocycles. The molecule has 0 unspecified atom stereocenters. The molecule has 1 saturated carbocycles. The predicted molar refractivity (Wildman–Crippen MR) is 70.3 cm³/mol. The van der Waals surface area contributed by atoms with Crippen LogP contribution in [0.1, 0.15) is 31.2 Å². The maximum atomic E-state index is 8.72. The quantitative estimate of drug-likeness (QED) is 0.359. The van der Waals surface area contributed by atoms with Crippen molar-refractivity contribution in [1.82, 2.24) is 9.88 Å². The monoisotopic (exact) mass is 248 g/mol. The summed E-state index contributed by atoms with van der Waals surface area (Å²) in [5.41, 5.74) is 6.85. The lowest BCUT2D eigenvalue weighted by Gasteiger charge is -2.28. The van der Waals surface area contributed by atoms with Crippen LogP contribution in [-0.2, 0) is 6.54 Å². The summed E-state index contributed by atoms with van der Waals surface area (Å²) in [5.74, 6) is 0.274. The van der Waals surface area contributed by atoms with Gasteiger partial charge in [-0.15, -0.1) is 0 Å². The van der Waals surface area contributed by atoms with E-state index in [0.29, 0.717) is 12.6 Å². The summed E-state index contributed by atoms with van der Waals surface area (Å²) < 4.78 is 0. The largest absolute Gasteiger partial charge is 0.409 e. The molecular formula is C13H20N4O. The van der Waals surface area contributed by atoms with Gasteiger partial charge in [-0.1, -0.05) is 18.0 Å². The van der Waals surface area contributed by atoms with Crippen LogP contribution in [0.15, 0.2) is 29.7 Å². The summed E-state index contributed by atoms with van der Waals surface area (Å²) in [7, 11) is 0. The first kappa shape index (κ1) is 12.8. The molecule has 2 rings (SSSR count). The first-order valence-electron chi connectivity index (χ1n) is 6.39. The van der Waals surface area contributed by atoms with Crippen LogP contribution in [0.5, 0.6) is 0 Å². The summed E-state index contributed by atoms with van der Waals surface area (Å²) in [6, 6.07) is 4.56.